The van der Waals surface area contributed by atoms with Gasteiger partial charge in [0.25, 0.3) is 0 Å². The summed E-state index contributed by atoms with van der Waals surface area (Å²) in [5.41, 5.74) is 0.830. The second kappa shape index (κ2) is 12.4. The average molecular weight is 507 g/mol. The van der Waals surface area contributed by atoms with Crippen LogP contribution in [0.5, 0.6) is 17.4 Å². The van der Waals surface area contributed by atoms with Gasteiger partial charge in [-0.15, -0.1) is 24.0 Å². The van der Waals surface area contributed by atoms with Crippen molar-refractivity contribution in [2.24, 2.45) is 4.99 Å². The first-order valence-corrected chi connectivity index (χ1v) is 8.57. The summed E-state index contributed by atoms with van der Waals surface area (Å²) in [5.74, 6) is 2.37. The highest BCUT2D eigenvalue weighted by Gasteiger charge is 2.07. The smallest absolute Gasteiger partial charge is 0.232 e. The number of aliphatic imine (C=N–C) groups is 1. The molecule has 2 N–H and O–H groups in total. The molecule has 1 heterocycles. The lowest BCUT2D eigenvalue weighted by Gasteiger charge is -2.15. The zero-order valence-electron chi connectivity index (χ0n) is 15.5. The molecule has 0 bridgehead atoms. The summed E-state index contributed by atoms with van der Waals surface area (Å²) >= 11 is 6.00. The Morgan fingerprint density at radius 3 is 2.70 bits per heavy atom. The van der Waals surface area contributed by atoms with Crippen LogP contribution in [0.25, 0.3) is 0 Å². The number of hydrogen-bond acceptors (Lipinski definition) is 5. The second-order valence-corrected chi connectivity index (χ2v) is 5.47. The molecule has 27 heavy (non-hydrogen) atoms. The van der Waals surface area contributed by atoms with Gasteiger partial charge in [0.1, 0.15) is 11.6 Å². The van der Waals surface area contributed by atoms with Crippen molar-refractivity contribution in [1.29, 1.82) is 0 Å². The first-order valence-electron chi connectivity index (χ1n) is 8.19. The van der Waals surface area contributed by atoms with E-state index in [2.05, 4.69) is 20.6 Å². The summed E-state index contributed by atoms with van der Waals surface area (Å²) in [5, 5.41) is 6.84. The lowest BCUT2D eigenvalue weighted by atomic mass is 10.2. The molecule has 1 aromatic carbocycles. The number of hydrogen-bond donors (Lipinski definition) is 2. The van der Waals surface area contributed by atoms with Crippen LogP contribution in [0.2, 0.25) is 5.02 Å². The van der Waals surface area contributed by atoms with E-state index in [0.29, 0.717) is 48.1 Å². The average Bonchev–Trinajstić information content (AvgIpc) is 2.66. The SMILES string of the molecule is CCOc1cc(NC(=NC)NCCOc2ncccc2Cl)ccc1OC.I. The summed E-state index contributed by atoms with van der Waals surface area (Å²) in [6, 6.07) is 9.08. The zero-order valence-corrected chi connectivity index (χ0v) is 18.6. The molecule has 0 radical (unpaired) electrons. The minimum Gasteiger partial charge on any atom is -0.493 e. The van der Waals surface area contributed by atoms with E-state index >= 15 is 0 Å². The number of guanidine groups is 1. The summed E-state index contributed by atoms with van der Waals surface area (Å²) in [7, 11) is 3.30. The Labute approximate surface area is 181 Å². The van der Waals surface area contributed by atoms with E-state index < -0.39 is 0 Å². The Balaban J connectivity index is 0.00000364. The molecule has 2 aromatic rings. The van der Waals surface area contributed by atoms with Crippen molar-refractivity contribution < 1.29 is 14.2 Å². The van der Waals surface area contributed by atoms with Crippen molar-refractivity contribution in [2.45, 2.75) is 6.92 Å². The Bertz CT molecular complexity index is 746. The van der Waals surface area contributed by atoms with E-state index in [1.165, 1.54) is 0 Å². The molecule has 148 valence electrons. The second-order valence-electron chi connectivity index (χ2n) is 5.06. The molecule has 0 aliphatic carbocycles. The molecule has 1 aromatic heterocycles. The third-order valence-electron chi connectivity index (χ3n) is 3.31. The molecule has 0 unspecified atom stereocenters. The van der Waals surface area contributed by atoms with Crippen LogP contribution < -0.4 is 24.8 Å². The summed E-state index contributed by atoms with van der Waals surface area (Å²) in [6.07, 6.45) is 1.63. The Morgan fingerprint density at radius 1 is 1.22 bits per heavy atom. The largest absolute Gasteiger partial charge is 0.493 e. The molecule has 2 rings (SSSR count). The number of anilines is 1. The number of nitrogens with one attached hydrogen (secondary N) is 2. The summed E-state index contributed by atoms with van der Waals surface area (Å²) < 4.78 is 16.4. The number of nitrogens with zero attached hydrogens (tertiary/aromatic N) is 2. The molecule has 0 aliphatic heterocycles. The Kier molecular flexibility index (Phi) is 10.6. The van der Waals surface area contributed by atoms with Crippen LogP contribution in [0.1, 0.15) is 6.92 Å². The number of pyridine rings is 1. The quantitative estimate of drug-likeness (QED) is 0.245. The van der Waals surface area contributed by atoms with Gasteiger partial charge in [0.05, 0.1) is 20.3 Å². The minimum absolute atomic E-state index is 0. The third kappa shape index (κ3) is 7.30. The molecular formula is C18H24ClIN4O3. The highest BCUT2D eigenvalue weighted by molar-refractivity contribution is 14.0. The normalized spacial score (nSPS) is 10.6. The van der Waals surface area contributed by atoms with Gasteiger partial charge in [0, 0.05) is 25.0 Å². The fraction of sp³-hybridized carbons (Fsp3) is 0.333. The maximum absolute atomic E-state index is 6.00. The Morgan fingerprint density at radius 2 is 2.04 bits per heavy atom. The number of benzene rings is 1. The number of methoxy groups -OCH3 is 1. The minimum atomic E-state index is 0. The number of halogens is 2. The van der Waals surface area contributed by atoms with Crippen LogP contribution in [0, 0.1) is 0 Å². The monoisotopic (exact) mass is 506 g/mol. The highest BCUT2D eigenvalue weighted by atomic mass is 127. The van der Waals surface area contributed by atoms with Crippen molar-refractivity contribution in [3.8, 4) is 17.4 Å². The first kappa shape index (κ1) is 23.1. The number of rotatable bonds is 8. The lowest BCUT2D eigenvalue weighted by molar-refractivity contribution is 0.310. The van der Waals surface area contributed by atoms with E-state index in [0.717, 1.165) is 5.69 Å². The molecule has 0 atom stereocenters. The van der Waals surface area contributed by atoms with Gasteiger partial charge in [0.15, 0.2) is 17.5 Å². The van der Waals surface area contributed by atoms with Crippen molar-refractivity contribution >= 4 is 47.2 Å². The van der Waals surface area contributed by atoms with Crippen LogP contribution in [0.15, 0.2) is 41.5 Å². The van der Waals surface area contributed by atoms with Gasteiger partial charge in [-0.25, -0.2) is 4.98 Å². The van der Waals surface area contributed by atoms with Crippen LogP contribution >= 0.6 is 35.6 Å². The highest BCUT2D eigenvalue weighted by Crippen LogP contribution is 2.30. The van der Waals surface area contributed by atoms with E-state index in [1.807, 2.05) is 25.1 Å². The molecular weight excluding hydrogens is 483 g/mol. The van der Waals surface area contributed by atoms with Crippen LogP contribution in [0.4, 0.5) is 5.69 Å². The van der Waals surface area contributed by atoms with E-state index in [1.54, 1.807) is 32.5 Å². The van der Waals surface area contributed by atoms with Gasteiger partial charge in [-0.1, -0.05) is 11.6 Å². The van der Waals surface area contributed by atoms with Gasteiger partial charge < -0.3 is 24.8 Å². The van der Waals surface area contributed by atoms with Gasteiger partial charge in [0.2, 0.25) is 5.88 Å². The molecule has 0 aliphatic rings. The molecule has 0 saturated carbocycles. The van der Waals surface area contributed by atoms with Gasteiger partial charge in [-0.2, -0.15) is 0 Å². The molecule has 9 heteroatoms. The van der Waals surface area contributed by atoms with Gasteiger partial charge in [-0.3, -0.25) is 4.99 Å². The molecule has 0 saturated heterocycles. The third-order valence-corrected chi connectivity index (χ3v) is 3.60. The number of ether oxygens (including phenoxy) is 3. The summed E-state index contributed by atoms with van der Waals surface area (Å²) in [6.45, 7) is 3.40. The van der Waals surface area contributed by atoms with E-state index in [-0.39, 0.29) is 24.0 Å². The van der Waals surface area contributed by atoms with E-state index in [9.17, 15) is 0 Å². The molecule has 0 fully saturated rings. The standard InChI is InChI=1S/C18H23ClN4O3.HI/c1-4-25-16-12-13(7-8-15(16)24-3)23-18(20-2)22-10-11-26-17-14(19)6-5-9-21-17;/h5-9,12H,4,10-11H2,1-3H3,(H2,20,22,23);1H. The van der Waals surface area contributed by atoms with Crippen molar-refractivity contribution in [1.82, 2.24) is 10.3 Å². The van der Waals surface area contributed by atoms with E-state index in [4.69, 9.17) is 25.8 Å². The predicted octanol–water partition coefficient (Wildman–Crippen LogP) is 3.83. The Hall–Kier alpha value is -1.94. The fourth-order valence-electron chi connectivity index (χ4n) is 2.13. The van der Waals surface area contributed by atoms with Gasteiger partial charge >= 0.3 is 0 Å². The van der Waals surface area contributed by atoms with Crippen LogP contribution in [0.3, 0.4) is 0 Å². The first-order chi connectivity index (χ1) is 12.7. The summed E-state index contributed by atoms with van der Waals surface area (Å²) in [4.78, 5) is 8.26. The maximum atomic E-state index is 6.00. The predicted molar refractivity (Wildman–Crippen MR) is 119 cm³/mol. The molecule has 7 nitrogen and oxygen atoms in total. The molecule has 0 spiro atoms. The van der Waals surface area contributed by atoms with Crippen LogP contribution in [-0.4, -0.2) is 44.9 Å². The zero-order chi connectivity index (χ0) is 18.8. The maximum Gasteiger partial charge on any atom is 0.232 e. The lowest BCUT2D eigenvalue weighted by Crippen LogP contribution is -2.33. The van der Waals surface area contributed by atoms with Crippen molar-refractivity contribution in [2.75, 3.05) is 39.2 Å². The topological polar surface area (TPSA) is 77.0 Å². The van der Waals surface area contributed by atoms with Crippen molar-refractivity contribution in [3.05, 3.63) is 41.6 Å². The number of aromatic nitrogens is 1. The molecule has 0 amide bonds. The van der Waals surface area contributed by atoms with Crippen LogP contribution in [-0.2, 0) is 0 Å². The fourth-order valence-corrected chi connectivity index (χ4v) is 2.31. The van der Waals surface area contributed by atoms with Crippen molar-refractivity contribution in [3.63, 3.8) is 0 Å². The van der Waals surface area contributed by atoms with Gasteiger partial charge in [-0.05, 0) is 31.2 Å².